The minimum absolute atomic E-state index is 0.205. The van der Waals surface area contributed by atoms with Crippen molar-refractivity contribution in [1.29, 1.82) is 0 Å². The maximum atomic E-state index is 5.97. The lowest BCUT2D eigenvalue weighted by Gasteiger charge is -2.42. The first-order valence-corrected chi connectivity index (χ1v) is 7.35. The summed E-state index contributed by atoms with van der Waals surface area (Å²) >= 11 is 1.92. The second kappa shape index (κ2) is 5.55. The molecule has 1 fully saturated rings. The normalized spacial score (nSPS) is 22.8. The van der Waals surface area contributed by atoms with Gasteiger partial charge in [-0.15, -0.1) is 0 Å². The van der Waals surface area contributed by atoms with Crippen LogP contribution in [0.4, 0.5) is 0 Å². The third-order valence-electron chi connectivity index (χ3n) is 3.79. The highest BCUT2D eigenvalue weighted by Crippen LogP contribution is 2.38. The second-order valence-corrected chi connectivity index (χ2v) is 6.17. The molecule has 0 bridgehead atoms. The maximum Gasteiger partial charge on any atom is 0.0306 e. The van der Waals surface area contributed by atoms with E-state index in [9.17, 15) is 0 Å². The highest BCUT2D eigenvalue weighted by Gasteiger charge is 2.36. The Morgan fingerprint density at radius 2 is 2.13 bits per heavy atom. The Morgan fingerprint density at radius 1 is 1.53 bits per heavy atom. The van der Waals surface area contributed by atoms with E-state index in [1.54, 1.807) is 0 Å². The molecule has 90 valence electrons. The zero-order valence-electron chi connectivity index (χ0n) is 10.6. The van der Waals surface area contributed by atoms with Crippen molar-refractivity contribution in [3.05, 3.63) is 0 Å². The van der Waals surface area contributed by atoms with Gasteiger partial charge in [0.05, 0.1) is 0 Å². The zero-order valence-corrected chi connectivity index (χ0v) is 11.4. The van der Waals surface area contributed by atoms with Gasteiger partial charge in [0.1, 0.15) is 0 Å². The van der Waals surface area contributed by atoms with Crippen LogP contribution in [0.3, 0.4) is 0 Å². The van der Waals surface area contributed by atoms with Gasteiger partial charge in [0.25, 0.3) is 0 Å². The molecule has 1 aliphatic carbocycles. The number of hydrogen-bond donors (Lipinski definition) is 1. The van der Waals surface area contributed by atoms with Gasteiger partial charge in [-0.3, -0.25) is 4.90 Å². The van der Waals surface area contributed by atoms with Crippen LogP contribution in [0.25, 0.3) is 0 Å². The van der Waals surface area contributed by atoms with Crippen molar-refractivity contribution in [2.24, 2.45) is 11.7 Å². The molecule has 0 aromatic rings. The first kappa shape index (κ1) is 13.3. The summed E-state index contributed by atoms with van der Waals surface area (Å²) in [6.45, 7) is 5.40. The van der Waals surface area contributed by atoms with E-state index in [2.05, 4.69) is 32.1 Å². The fourth-order valence-corrected chi connectivity index (χ4v) is 2.91. The molecule has 0 amide bonds. The van der Waals surface area contributed by atoms with Crippen LogP contribution in [0.2, 0.25) is 0 Å². The van der Waals surface area contributed by atoms with E-state index in [0.29, 0.717) is 6.04 Å². The summed E-state index contributed by atoms with van der Waals surface area (Å²) in [5, 5.41) is 0. The molecule has 2 nitrogen and oxygen atoms in total. The molecule has 15 heavy (non-hydrogen) atoms. The quantitative estimate of drug-likeness (QED) is 0.727. The van der Waals surface area contributed by atoms with Crippen molar-refractivity contribution in [2.45, 2.75) is 44.7 Å². The molecule has 2 N–H and O–H groups in total. The van der Waals surface area contributed by atoms with Gasteiger partial charge >= 0.3 is 0 Å². The number of likely N-dealkylation sites (N-methyl/N-ethyl adjacent to an activating group) is 1. The lowest BCUT2D eigenvalue weighted by atomic mass is 9.92. The van der Waals surface area contributed by atoms with E-state index in [4.69, 9.17) is 5.73 Å². The van der Waals surface area contributed by atoms with Gasteiger partial charge in [0.15, 0.2) is 0 Å². The van der Waals surface area contributed by atoms with Crippen LogP contribution >= 0.6 is 11.8 Å². The van der Waals surface area contributed by atoms with E-state index in [1.165, 1.54) is 25.0 Å². The molecule has 0 heterocycles. The SMILES string of the molecule is CSCC(C)N(C)C(C)(CN)CC1CC1. The summed E-state index contributed by atoms with van der Waals surface area (Å²) in [5.41, 5.74) is 6.17. The molecule has 1 aliphatic rings. The Kier molecular flexibility index (Phi) is 4.94. The van der Waals surface area contributed by atoms with Crippen molar-refractivity contribution in [3.8, 4) is 0 Å². The van der Waals surface area contributed by atoms with Gasteiger partial charge in [-0.2, -0.15) is 11.8 Å². The molecule has 0 aliphatic heterocycles. The number of nitrogens with two attached hydrogens (primary N) is 1. The highest BCUT2D eigenvalue weighted by molar-refractivity contribution is 7.98. The third kappa shape index (κ3) is 3.65. The Morgan fingerprint density at radius 3 is 2.53 bits per heavy atom. The standard InChI is InChI=1S/C12H26N2S/c1-10(8-15-4)14(3)12(2,9-13)7-11-5-6-11/h10-11H,5-9,13H2,1-4H3. The molecule has 0 saturated heterocycles. The smallest absolute Gasteiger partial charge is 0.0306 e. The molecule has 0 radical (unpaired) electrons. The summed E-state index contributed by atoms with van der Waals surface area (Å²) in [4.78, 5) is 2.49. The Balaban J connectivity index is 2.53. The van der Waals surface area contributed by atoms with Crippen molar-refractivity contribution >= 4 is 11.8 Å². The van der Waals surface area contributed by atoms with Gasteiger partial charge < -0.3 is 5.73 Å². The average molecular weight is 230 g/mol. The number of hydrogen-bond acceptors (Lipinski definition) is 3. The highest BCUT2D eigenvalue weighted by atomic mass is 32.2. The molecular weight excluding hydrogens is 204 g/mol. The molecule has 1 rings (SSSR count). The van der Waals surface area contributed by atoms with Crippen molar-refractivity contribution in [2.75, 3.05) is 25.6 Å². The minimum Gasteiger partial charge on any atom is -0.329 e. The molecule has 3 heteroatoms. The largest absolute Gasteiger partial charge is 0.329 e. The van der Waals surface area contributed by atoms with E-state index < -0.39 is 0 Å². The first-order chi connectivity index (χ1) is 7.03. The Bertz CT molecular complexity index is 194. The van der Waals surface area contributed by atoms with Crippen molar-refractivity contribution in [1.82, 2.24) is 4.90 Å². The summed E-state index contributed by atoms with van der Waals surface area (Å²) in [7, 11) is 2.23. The summed E-state index contributed by atoms with van der Waals surface area (Å²) in [6.07, 6.45) is 6.28. The number of thioether (sulfide) groups is 1. The topological polar surface area (TPSA) is 29.3 Å². The van der Waals surface area contributed by atoms with Gasteiger partial charge in [-0.1, -0.05) is 12.8 Å². The molecule has 2 atom stereocenters. The fraction of sp³-hybridized carbons (Fsp3) is 1.00. The minimum atomic E-state index is 0.205. The Hall–Kier alpha value is 0.270. The molecule has 0 aromatic carbocycles. The second-order valence-electron chi connectivity index (χ2n) is 5.26. The average Bonchev–Trinajstić information content (AvgIpc) is 3.00. The van der Waals surface area contributed by atoms with Gasteiger partial charge in [0.2, 0.25) is 0 Å². The van der Waals surface area contributed by atoms with E-state index in [0.717, 1.165) is 12.5 Å². The Labute approximate surface area is 99.0 Å². The molecule has 0 aromatic heterocycles. The summed E-state index contributed by atoms with van der Waals surface area (Å²) < 4.78 is 0. The number of rotatable bonds is 7. The summed E-state index contributed by atoms with van der Waals surface area (Å²) in [5.74, 6) is 2.14. The van der Waals surface area contributed by atoms with E-state index in [1.807, 2.05) is 11.8 Å². The summed E-state index contributed by atoms with van der Waals surface area (Å²) in [6, 6.07) is 0.618. The van der Waals surface area contributed by atoms with Crippen LogP contribution in [-0.4, -0.2) is 42.1 Å². The van der Waals surface area contributed by atoms with Crippen LogP contribution < -0.4 is 5.73 Å². The van der Waals surface area contributed by atoms with Crippen LogP contribution in [0, 0.1) is 5.92 Å². The van der Waals surface area contributed by atoms with E-state index in [-0.39, 0.29) is 5.54 Å². The van der Waals surface area contributed by atoms with Crippen LogP contribution in [0.5, 0.6) is 0 Å². The van der Waals surface area contributed by atoms with Crippen LogP contribution in [0.15, 0.2) is 0 Å². The lowest BCUT2D eigenvalue weighted by molar-refractivity contribution is 0.0965. The van der Waals surface area contributed by atoms with Gasteiger partial charge in [0, 0.05) is 23.9 Å². The first-order valence-electron chi connectivity index (χ1n) is 5.95. The van der Waals surface area contributed by atoms with Crippen molar-refractivity contribution in [3.63, 3.8) is 0 Å². The number of nitrogens with zero attached hydrogens (tertiary/aromatic N) is 1. The van der Waals surface area contributed by atoms with Gasteiger partial charge in [-0.25, -0.2) is 0 Å². The predicted molar refractivity (Wildman–Crippen MR) is 70.4 cm³/mol. The van der Waals surface area contributed by atoms with Crippen molar-refractivity contribution < 1.29 is 0 Å². The monoisotopic (exact) mass is 230 g/mol. The predicted octanol–water partition coefficient (Wildman–Crippen LogP) is 2.19. The lowest BCUT2D eigenvalue weighted by Crippen LogP contribution is -2.54. The molecule has 2 unspecified atom stereocenters. The van der Waals surface area contributed by atoms with E-state index >= 15 is 0 Å². The maximum absolute atomic E-state index is 5.97. The van der Waals surface area contributed by atoms with Crippen LogP contribution in [0.1, 0.15) is 33.1 Å². The zero-order chi connectivity index (χ0) is 11.5. The van der Waals surface area contributed by atoms with Gasteiger partial charge in [-0.05, 0) is 39.5 Å². The molecule has 1 saturated carbocycles. The molecule has 0 spiro atoms. The van der Waals surface area contributed by atoms with Crippen LogP contribution in [-0.2, 0) is 0 Å². The third-order valence-corrected chi connectivity index (χ3v) is 4.60. The fourth-order valence-electron chi connectivity index (χ4n) is 2.20. The molecular formula is C12H26N2S.